The van der Waals surface area contributed by atoms with Crippen LogP contribution in [0.2, 0.25) is 0 Å². The number of rotatable bonds is 6. The molecule has 0 saturated heterocycles. The molecule has 2 nitrogen and oxygen atoms in total. The van der Waals surface area contributed by atoms with Crippen LogP contribution in [-0.2, 0) is 5.41 Å². The van der Waals surface area contributed by atoms with E-state index in [9.17, 15) is 0 Å². The Labute approximate surface area is 317 Å². The standard InChI is InChI=1S/C52H40N2/c1-35-32-39(33-47-46-19-11-13-21-50(46)54(51(35)47)40-16-8-5-9-17-40)38-24-28-42(29-25-38)53(41-26-22-37(23-27-41)36-14-6-4-7-15-36)43-30-31-45-44-18-10-12-20-48(44)52(2,3)49(45)34-43/h4-34H,1-3H3. The van der Waals surface area contributed by atoms with Crippen LogP contribution in [0.25, 0.3) is 60.9 Å². The van der Waals surface area contributed by atoms with Crippen molar-refractivity contribution >= 4 is 38.9 Å². The fourth-order valence-corrected chi connectivity index (χ4v) is 8.83. The van der Waals surface area contributed by atoms with Gasteiger partial charge in [0.05, 0.1) is 11.0 Å². The monoisotopic (exact) mass is 692 g/mol. The molecule has 54 heavy (non-hydrogen) atoms. The largest absolute Gasteiger partial charge is 0.310 e. The van der Waals surface area contributed by atoms with E-state index in [0.29, 0.717) is 0 Å². The quantitative estimate of drug-likeness (QED) is 0.168. The van der Waals surface area contributed by atoms with E-state index in [1.54, 1.807) is 0 Å². The maximum Gasteiger partial charge on any atom is 0.0570 e. The number of fused-ring (bicyclic) bond motifs is 6. The van der Waals surface area contributed by atoms with E-state index in [4.69, 9.17) is 0 Å². The van der Waals surface area contributed by atoms with E-state index >= 15 is 0 Å². The molecule has 0 aliphatic heterocycles. The van der Waals surface area contributed by atoms with Gasteiger partial charge in [0, 0.05) is 38.9 Å². The fourth-order valence-electron chi connectivity index (χ4n) is 8.83. The third-order valence-electron chi connectivity index (χ3n) is 11.5. The van der Waals surface area contributed by atoms with Crippen LogP contribution in [0.1, 0.15) is 30.5 Å². The van der Waals surface area contributed by atoms with Gasteiger partial charge in [0.25, 0.3) is 0 Å². The van der Waals surface area contributed by atoms with Crippen molar-refractivity contribution in [2.75, 3.05) is 4.90 Å². The van der Waals surface area contributed by atoms with E-state index in [0.717, 1.165) is 17.1 Å². The molecule has 0 amide bonds. The van der Waals surface area contributed by atoms with Crippen LogP contribution < -0.4 is 4.90 Å². The molecule has 9 aromatic rings. The minimum atomic E-state index is -0.0885. The Bertz CT molecular complexity index is 2830. The first-order valence-electron chi connectivity index (χ1n) is 18.9. The first-order chi connectivity index (χ1) is 26.5. The zero-order chi connectivity index (χ0) is 36.4. The van der Waals surface area contributed by atoms with Gasteiger partial charge in [0.15, 0.2) is 0 Å². The molecule has 8 aromatic carbocycles. The molecule has 0 bridgehead atoms. The summed E-state index contributed by atoms with van der Waals surface area (Å²) < 4.78 is 2.41. The van der Waals surface area contributed by atoms with Gasteiger partial charge in [-0.25, -0.2) is 0 Å². The first kappa shape index (κ1) is 32.0. The minimum absolute atomic E-state index is 0.0885. The predicted octanol–water partition coefficient (Wildman–Crippen LogP) is 14.2. The van der Waals surface area contributed by atoms with Crippen LogP contribution in [0.4, 0.5) is 17.1 Å². The molecule has 0 radical (unpaired) electrons. The Kier molecular flexibility index (Phi) is 7.42. The highest BCUT2D eigenvalue weighted by Gasteiger charge is 2.35. The van der Waals surface area contributed by atoms with Crippen molar-refractivity contribution in [3.8, 4) is 39.1 Å². The molecular formula is C52H40N2. The Morgan fingerprint density at radius 1 is 0.426 bits per heavy atom. The maximum atomic E-state index is 2.41. The van der Waals surface area contributed by atoms with Crippen molar-refractivity contribution < 1.29 is 0 Å². The highest BCUT2D eigenvalue weighted by molar-refractivity contribution is 6.11. The number of benzene rings is 8. The molecule has 0 saturated carbocycles. The van der Waals surface area contributed by atoms with Gasteiger partial charge in [-0.2, -0.15) is 0 Å². The second kappa shape index (κ2) is 12.5. The molecule has 0 unspecified atom stereocenters. The van der Waals surface area contributed by atoms with Gasteiger partial charge in [-0.3, -0.25) is 0 Å². The Morgan fingerprint density at radius 3 is 1.70 bits per heavy atom. The lowest BCUT2D eigenvalue weighted by Crippen LogP contribution is -2.16. The number of aromatic nitrogens is 1. The second-order valence-electron chi connectivity index (χ2n) is 15.1. The summed E-state index contributed by atoms with van der Waals surface area (Å²) in [5.74, 6) is 0. The lowest BCUT2D eigenvalue weighted by molar-refractivity contribution is 0.660. The van der Waals surface area contributed by atoms with Crippen LogP contribution in [0, 0.1) is 6.92 Å². The molecule has 0 spiro atoms. The van der Waals surface area contributed by atoms with Crippen molar-refractivity contribution in [2.45, 2.75) is 26.2 Å². The molecule has 2 heteroatoms. The Hall–Kier alpha value is -6.64. The van der Waals surface area contributed by atoms with Gasteiger partial charge >= 0.3 is 0 Å². The zero-order valence-electron chi connectivity index (χ0n) is 30.8. The Balaban J connectivity index is 1.08. The van der Waals surface area contributed by atoms with Gasteiger partial charge in [-0.15, -0.1) is 0 Å². The van der Waals surface area contributed by atoms with Crippen LogP contribution in [0.5, 0.6) is 0 Å². The third kappa shape index (κ3) is 5.09. The smallest absolute Gasteiger partial charge is 0.0570 e. The number of hydrogen-bond donors (Lipinski definition) is 0. The van der Waals surface area contributed by atoms with Crippen molar-refractivity contribution in [1.82, 2.24) is 4.57 Å². The van der Waals surface area contributed by atoms with E-state index < -0.39 is 0 Å². The lowest BCUT2D eigenvalue weighted by atomic mass is 9.82. The molecule has 0 N–H and O–H groups in total. The van der Waals surface area contributed by atoms with E-state index in [-0.39, 0.29) is 5.41 Å². The normalized spacial score (nSPS) is 12.9. The Morgan fingerprint density at radius 2 is 0.981 bits per heavy atom. The number of nitrogens with zero attached hydrogens (tertiary/aromatic N) is 2. The van der Waals surface area contributed by atoms with Crippen molar-refractivity contribution in [2.24, 2.45) is 0 Å². The third-order valence-corrected chi connectivity index (χ3v) is 11.5. The highest BCUT2D eigenvalue weighted by atomic mass is 15.1. The van der Waals surface area contributed by atoms with E-state index in [1.807, 2.05) is 0 Å². The molecule has 1 aromatic heterocycles. The summed E-state index contributed by atoms with van der Waals surface area (Å²) in [5.41, 5.74) is 18.5. The average molecular weight is 693 g/mol. The number of para-hydroxylation sites is 2. The number of anilines is 3. The molecule has 1 aliphatic rings. The molecule has 0 atom stereocenters. The van der Waals surface area contributed by atoms with Gasteiger partial charge in [-0.1, -0.05) is 135 Å². The van der Waals surface area contributed by atoms with Crippen LogP contribution in [-0.4, -0.2) is 4.57 Å². The van der Waals surface area contributed by atoms with Gasteiger partial charge in [-0.05, 0) is 124 Å². The molecular weight excluding hydrogens is 653 g/mol. The second-order valence-corrected chi connectivity index (χ2v) is 15.1. The lowest BCUT2D eigenvalue weighted by Gasteiger charge is -2.28. The number of hydrogen-bond acceptors (Lipinski definition) is 1. The number of aryl methyl sites for hydroxylation is 1. The molecule has 1 aliphatic carbocycles. The van der Waals surface area contributed by atoms with Gasteiger partial charge in [0.2, 0.25) is 0 Å². The van der Waals surface area contributed by atoms with Crippen molar-refractivity contribution in [3.05, 3.63) is 205 Å². The van der Waals surface area contributed by atoms with Crippen LogP contribution in [0.15, 0.2) is 188 Å². The fraction of sp³-hybridized carbons (Fsp3) is 0.0769. The molecule has 0 fully saturated rings. The SMILES string of the molecule is Cc1cc(-c2ccc(N(c3ccc(-c4ccccc4)cc3)c3ccc4c(c3)C(C)(C)c3ccccc3-4)cc2)cc2c3ccccc3n(-c3ccccc3)c12. The highest BCUT2D eigenvalue weighted by Crippen LogP contribution is 2.50. The van der Waals surface area contributed by atoms with Crippen molar-refractivity contribution in [1.29, 1.82) is 0 Å². The topological polar surface area (TPSA) is 8.17 Å². The van der Waals surface area contributed by atoms with Crippen LogP contribution >= 0.6 is 0 Å². The van der Waals surface area contributed by atoms with Crippen molar-refractivity contribution in [3.63, 3.8) is 0 Å². The zero-order valence-corrected chi connectivity index (χ0v) is 30.8. The average Bonchev–Trinajstić information content (AvgIpc) is 3.68. The summed E-state index contributed by atoms with van der Waals surface area (Å²) in [6, 6.07) is 68.8. The summed E-state index contributed by atoms with van der Waals surface area (Å²) in [5, 5.41) is 2.54. The van der Waals surface area contributed by atoms with E-state index in [1.165, 1.54) is 77.6 Å². The molecule has 10 rings (SSSR count). The predicted molar refractivity (Wildman–Crippen MR) is 229 cm³/mol. The summed E-state index contributed by atoms with van der Waals surface area (Å²) >= 11 is 0. The van der Waals surface area contributed by atoms with E-state index in [2.05, 4.69) is 218 Å². The molecule has 258 valence electrons. The van der Waals surface area contributed by atoms with Crippen LogP contribution in [0.3, 0.4) is 0 Å². The van der Waals surface area contributed by atoms with Gasteiger partial charge in [0.1, 0.15) is 0 Å². The molecule has 1 heterocycles. The summed E-state index contributed by atoms with van der Waals surface area (Å²) in [7, 11) is 0. The summed E-state index contributed by atoms with van der Waals surface area (Å²) in [4.78, 5) is 2.40. The summed E-state index contributed by atoms with van der Waals surface area (Å²) in [6.45, 7) is 6.95. The van der Waals surface area contributed by atoms with Gasteiger partial charge < -0.3 is 9.47 Å². The minimum Gasteiger partial charge on any atom is -0.310 e. The maximum absolute atomic E-state index is 2.41. The summed E-state index contributed by atoms with van der Waals surface area (Å²) in [6.07, 6.45) is 0. The first-order valence-corrected chi connectivity index (χ1v) is 18.9.